The summed E-state index contributed by atoms with van der Waals surface area (Å²) in [6.45, 7) is 5.27. The highest BCUT2D eigenvalue weighted by Crippen LogP contribution is 2.13. The smallest absolute Gasteiger partial charge is 0.272 e. The lowest BCUT2D eigenvalue weighted by atomic mass is 10.1. The van der Waals surface area contributed by atoms with Crippen molar-refractivity contribution in [3.63, 3.8) is 0 Å². The number of carbonyl (C=O) groups excluding carboxylic acids is 1. The standard InChI is InChI=1S/C21H23N7O/c1-16-5-2-3-6-17(16)15-25-20-22-10-7-18(26-20)19(29)27-11-13-28(14-12-27)21-23-8-4-9-24-21/h2-10H,11-15H2,1H3,(H,22,25,26). The average molecular weight is 389 g/mol. The van der Waals surface area contributed by atoms with Gasteiger partial charge in [0.2, 0.25) is 11.9 Å². The molecule has 3 heterocycles. The molecule has 0 aliphatic carbocycles. The van der Waals surface area contributed by atoms with E-state index in [0.29, 0.717) is 50.3 Å². The fourth-order valence-corrected chi connectivity index (χ4v) is 3.27. The van der Waals surface area contributed by atoms with Gasteiger partial charge in [-0.2, -0.15) is 0 Å². The minimum Gasteiger partial charge on any atom is -0.350 e. The highest BCUT2D eigenvalue weighted by Gasteiger charge is 2.24. The second-order valence-corrected chi connectivity index (χ2v) is 6.87. The fourth-order valence-electron chi connectivity index (χ4n) is 3.27. The summed E-state index contributed by atoms with van der Waals surface area (Å²) in [5.41, 5.74) is 2.77. The second-order valence-electron chi connectivity index (χ2n) is 6.87. The molecule has 0 spiro atoms. The van der Waals surface area contributed by atoms with Crippen molar-refractivity contribution in [1.29, 1.82) is 0 Å². The van der Waals surface area contributed by atoms with Gasteiger partial charge in [-0.1, -0.05) is 24.3 Å². The van der Waals surface area contributed by atoms with Crippen molar-refractivity contribution in [1.82, 2.24) is 24.8 Å². The molecule has 1 aromatic carbocycles. The predicted octanol–water partition coefficient (Wildman–Crippen LogP) is 2.15. The van der Waals surface area contributed by atoms with Crippen molar-refractivity contribution in [3.8, 4) is 0 Å². The van der Waals surface area contributed by atoms with E-state index >= 15 is 0 Å². The minimum absolute atomic E-state index is 0.0834. The Bertz CT molecular complexity index is 972. The van der Waals surface area contributed by atoms with Crippen LogP contribution in [0.5, 0.6) is 0 Å². The molecule has 1 aliphatic rings. The largest absolute Gasteiger partial charge is 0.350 e. The van der Waals surface area contributed by atoms with E-state index < -0.39 is 0 Å². The van der Waals surface area contributed by atoms with Crippen LogP contribution in [0.2, 0.25) is 0 Å². The number of piperazine rings is 1. The Morgan fingerprint density at radius 1 is 0.966 bits per heavy atom. The molecule has 8 nitrogen and oxygen atoms in total. The Hall–Kier alpha value is -3.55. The van der Waals surface area contributed by atoms with E-state index in [-0.39, 0.29) is 5.91 Å². The van der Waals surface area contributed by atoms with Gasteiger partial charge in [-0.05, 0) is 30.2 Å². The van der Waals surface area contributed by atoms with Gasteiger partial charge in [0.05, 0.1) is 0 Å². The van der Waals surface area contributed by atoms with Crippen LogP contribution in [0.25, 0.3) is 0 Å². The van der Waals surface area contributed by atoms with Crippen LogP contribution in [0.3, 0.4) is 0 Å². The summed E-state index contributed by atoms with van der Waals surface area (Å²) in [5, 5.41) is 3.21. The van der Waals surface area contributed by atoms with Crippen molar-refractivity contribution in [2.75, 3.05) is 36.4 Å². The molecule has 2 aromatic heterocycles. The quantitative estimate of drug-likeness (QED) is 0.715. The third-order valence-corrected chi connectivity index (χ3v) is 4.97. The number of benzene rings is 1. The molecule has 1 N–H and O–H groups in total. The second kappa shape index (κ2) is 8.64. The van der Waals surface area contributed by atoms with Gasteiger partial charge >= 0.3 is 0 Å². The first kappa shape index (κ1) is 18.8. The van der Waals surface area contributed by atoms with E-state index in [1.165, 1.54) is 11.1 Å². The van der Waals surface area contributed by atoms with Crippen LogP contribution in [0.4, 0.5) is 11.9 Å². The summed E-state index contributed by atoms with van der Waals surface area (Å²) >= 11 is 0. The monoisotopic (exact) mass is 389 g/mol. The van der Waals surface area contributed by atoms with Crippen molar-refractivity contribution in [3.05, 3.63) is 71.8 Å². The number of rotatable bonds is 5. The van der Waals surface area contributed by atoms with Gasteiger partial charge < -0.3 is 15.1 Å². The van der Waals surface area contributed by atoms with Crippen LogP contribution >= 0.6 is 0 Å². The molecule has 1 aliphatic heterocycles. The Kier molecular flexibility index (Phi) is 5.60. The van der Waals surface area contributed by atoms with E-state index in [9.17, 15) is 4.79 Å². The molecule has 0 unspecified atom stereocenters. The topological polar surface area (TPSA) is 87.1 Å². The molecular formula is C21H23N7O. The predicted molar refractivity (Wildman–Crippen MR) is 111 cm³/mol. The van der Waals surface area contributed by atoms with E-state index in [1.54, 1.807) is 30.7 Å². The van der Waals surface area contributed by atoms with Crippen LogP contribution in [0, 0.1) is 6.92 Å². The zero-order chi connectivity index (χ0) is 20.1. The van der Waals surface area contributed by atoms with Crippen molar-refractivity contribution >= 4 is 17.8 Å². The Morgan fingerprint density at radius 2 is 1.72 bits per heavy atom. The molecule has 0 bridgehead atoms. The Labute approximate surface area is 169 Å². The molecular weight excluding hydrogens is 366 g/mol. The van der Waals surface area contributed by atoms with E-state index in [4.69, 9.17) is 0 Å². The third-order valence-electron chi connectivity index (χ3n) is 4.97. The van der Waals surface area contributed by atoms with Gasteiger partial charge in [-0.15, -0.1) is 0 Å². The summed E-state index contributed by atoms with van der Waals surface area (Å²) in [7, 11) is 0. The zero-order valence-corrected chi connectivity index (χ0v) is 16.3. The molecule has 148 valence electrons. The number of nitrogens with one attached hydrogen (secondary N) is 1. The number of hydrogen-bond acceptors (Lipinski definition) is 7. The van der Waals surface area contributed by atoms with Crippen LogP contribution < -0.4 is 10.2 Å². The number of amides is 1. The first-order valence-corrected chi connectivity index (χ1v) is 9.63. The average Bonchev–Trinajstić information content (AvgIpc) is 2.79. The molecule has 0 atom stereocenters. The van der Waals surface area contributed by atoms with E-state index in [2.05, 4.69) is 49.2 Å². The SMILES string of the molecule is Cc1ccccc1CNc1nccc(C(=O)N2CCN(c3ncccn3)CC2)n1. The van der Waals surface area contributed by atoms with Gasteiger partial charge in [0.1, 0.15) is 5.69 Å². The van der Waals surface area contributed by atoms with Gasteiger partial charge in [-0.25, -0.2) is 19.9 Å². The Balaban J connectivity index is 1.37. The maximum Gasteiger partial charge on any atom is 0.272 e. The molecule has 0 saturated carbocycles. The number of carbonyl (C=O) groups is 1. The number of hydrogen-bond donors (Lipinski definition) is 1. The normalized spacial score (nSPS) is 14.0. The highest BCUT2D eigenvalue weighted by molar-refractivity contribution is 5.92. The van der Waals surface area contributed by atoms with Gasteiger partial charge in [0.25, 0.3) is 5.91 Å². The van der Waals surface area contributed by atoms with E-state index in [0.717, 1.165) is 0 Å². The lowest BCUT2D eigenvalue weighted by Crippen LogP contribution is -2.49. The lowest BCUT2D eigenvalue weighted by molar-refractivity contribution is 0.0740. The molecule has 8 heteroatoms. The third kappa shape index (κ3) is 4.48. The zero-order valence-electron chi connectivity index (χ0n) is 16.3. The molecule has 1 saturated heterocycles. The van der Waals surface area contributed by atoms with Crippen LogP contribution in [-0.4, -0.2) is 56.9 Å². The first-order chi connectivity index (χ1) is 14.2. The molecule has 3 aromatic rings. The van der Waals surface area contributed by atoms with Crippen LogP contribution in [0.15, 0.2) is 55.0 Å². The number of nitrogens with zero attached hydrogens (tertiary/aromatic N) is 6. The minimum atomic E-state index is -0.0834. The maximum atomic E-state index is 12.9. The van der Waals surface area contributed by atoms with Crippen molar-refractivity contribution in [2.24, 2.45) is 0 Å². The molecule has 0 radical (unpaired) electrons. The van der Waals surface area contributed by atoms with Gasteiger partial charge in [0.15, 0.2) is 0 Å². The lowest BCUT2D eigenvalue weighted by Gasteiger charge is -2.34. The molecule has 4 rings (SSSR count). The number of anilines is 2. The summed E-state index contributed by atoms with van der Waals surface area (Å²) < 4.78 is 0. The number of aromatic nitrogens is 4. The van der Waals surface area contributed by atoms with Crippen molar-refractivity contribution < 1.29 is 4.79 Å². The van der Waals surface area contributed by atoms with Crippen LogP contribution in [0.1, 0.15) is 21.6 Å². The maximum absolute atomic E-state index is 12.9. The summed E-state index contributed by atoms with van der Waals surface area (Å²) in [6.07, 6.45) is 5.08. The first-order valence-electron chi connectivity index (χ1n) is 9.63. The number of aryl methyl sites for hydroxylation is 1. The van der Waals surface area contributed by atoms with Crippen LogP contribution in [-0.2, 0) is 6.54 Å². The fraction of sp³-hybridized carbons (Fsp3) is 0.286. The Morgan fingerprint density at radius 3 is 2.48 bits per heavy atom. The van der Waals surface area contributed by atoms with Gasteiger partial charge in [-0.3, -0.25) is 4.79 Å². The summed E-state index contributed by atoms with van der Waals surface area (Å²) in [6, 6.07) is 11.6. The molecule has 29 heavy (non-hydrogen) atoms. The highest BCUT2D eigenvalue weighted by atomic mass is 16.2. The van der Waals surface area contributed by atoms with Crippen molar-refractivity contribution in [2.45, 2.75) is 13.5 Å². The molecule has 1 fully saturated rings. The summed E-state index contributed by atoms with van der Waals surface area (Å²) in [5.74, 6) is 1.07. The molecule has 1 amide bonds. The summed E-state index contributed by atoms with van der Waals surface area (Å²) in [4.78, 5) is 34.0. The van der Waals surface area contributed by atoms with E-state index in [1.807, 2.05) is 17.0 Å². The van der Waals surface area contributed by atoms with Gasteiger partial charge in [0, 0.05) is 51.3 Å².